The van der Waals surface area contributed by atoms with Gasteiger partial charge in [-0.05, 0) is 61.3 Å². The summed E-state index contributed by atoms with van der Waals surface area (Å²) in [6, 6.07) is 4.60. The molecule has 0 aromatic heterocycles. The molecule has 1 aliphatic carbocycles. The Labute approximate surface area is 81.0 Å². The minimum absolute atomic E-state index is 0.884. The van der Waals surface area contributed by atoms with E-state index in [1.54, 1.807) is 11.1 Å². The van der Waals surface area contributed by atoms with E-state index in [4.69, 9.17) is 0 Å². The van der Waals surface area contributed by atoms with Crippen molar-refractivity contribution >= 4 is 0 Å². The van der Waals surface area contributed by atoms with Crippen molar-refractivity contribution < 1.29 is 0 Å². The van der Waals surface area contributed by atoms with Gasteiger partial charge in [-0.15, -0.1) is 0 Å². The maximum atomic E-state index is 2.36. The molecule has 0 heterocycles. The van der Waals surface area contributed by atoms with Crippen LogP contribution in [0.25, 0.3) is 0 Å². The molecule has 0 N–H and O–H groups in total. The monoisotopic (exact) mass is 174 g/mol. The Morgan fingerprint density at radius 3 is 2.77 bits per heavy atom. The standard InChI is InChI=1S/C13H18/c1-9-4-7-13-11(3)10(2)5-6-12(13)8-9/h5-6,9H,4,7-8H2,1-3H3. The second-order valence-corrected chi connectivity index (χ2v) is 4.49. The Morgan fingerprint density at radius 1 is 1.23 bits per heavy atom. The molecule has 1 unspecified atom stereocenters. The zero-order valence-electron chi connectivity index (χ0n) is 8.85. The van der Waals surface area contributed by atoms with Crippen LogP contribution in [0.3, 0.4) is 0 Å². The third-order valence-electron chi connectivity index (χ3n) is 3.42. The first-order valence-corrected chi connectivity index (χ1v) is 5.26. The van der Waals surface area contributed by atoms with Crippen LogP contribution in [0.1, 0.15) is 35.6 Å². The molecule has 0 saturated carbocycles. The van der Waals surface area contributed by atoms with E-state index in [2.05, 4.69) is 32.9 Å². The fourth-order valence-electron chi connectivity index (χ4n) is 2.34. The van der Waals surface area contributed by atoms with Crippen LogP contribution in [0.2, 0.25) is 0 Å². The summed E-state index contributed by atoms with van der Waals surface area (Å²) in [4.78, 5) is 0. The number of fused-ring (bicyclic) bond motifs is 1. The van der Waals surface area contributed by atoms with E-state index in [9.17, 15) is 0 Å². The highest BCUT2D eigenvalue weighted by atomic mass is 14.2. The Hall–Kier alpha value is -0.780. The molecule has 2 rings (SSSR count). The molecule has 1 aromatic carbocycles. The highest BCUT2D eigenvalue weighted by Crippen LogP contribution is 2.28. The van der Waals surface area contributed by atoms with Crippen LogP contribution in [0.15, 0.2) is 12.1 Å². The van der Waals surface area contributed by atoms with E-state index in [1.807, 2.05) is 0 Å². The molecule has 0 aliphatic heterocycles. The molecule has 13 heavy (non-hydrogen) atoms. The van der Waals surface area contributed by atoms with Crippen molar-refractivity contribution in [1.82, 2.24) is 0 Å². The molecule has 1 aromatic rings. The first kappa shape index (κ1) is 8.80. The predicted octanol–water partition coefficient (Wildman–Crippen LogP) is 3.43. The summed E-state index contributed by atoms with van der Waals surface area (Å²) >= 11 is 0. The zero-order chi connectivity index (χ0) is 9.42. The van der Waals surface area contributed by atoms with E-state index in [0.29, 0.717) is 0 Å². The van der Waals surface area contributed by atoms with Gasteiger partial charge in [0.25, 0.3) is 0 Å². The van der Waals surface area contributed by atoms with Gasteiger partial charge in [0.05, 0.1) is 0 Å². The predicted molar refractivity (Wildman–Crippen MR) is 57.1 cm³/mol. The van der Waals surface area contributed by atoms with Gasteiger partial charge in [-0.25, -0.2) is 0 Å². The van der Waals surface area contributed by atoms with Gasteiger partial charge in [0.15, 0.2) is 0 Å². The summed E-state index contributed by atoms with van der Waals surface area (Å²) < 4.78 is 0. The highest BCUT2D eigenvalue weighted by molar-refractivity contribution is 5.41. The third-order valence-corrected chi connectivity index (χ3v) is 3.42. The first-order chi connectivity index (χ1) is 6.18. The van der Waals surface area contributed by atoms with Crippen molar-refractivity contribution in [1.29, 1.82) is 0 Å². The van der Waals surface area contributed by atoms with Gasteiger partial charge >= 0.3 is 0 Å². The third kappa shape index (κ3) is 1.50. The van der Waals surface area contributed by atoms with Crippen LogP contribution in [0, 0.1) is 19.8 Å². The van der Waals surface area contributed by atoms with Crippen LogP contribution in [0.4, 0.5) is 0 Å². The lowest BCUT2D eigenvalue weighted by molar-refractivity contribution is 0.499. The second kappa shape index (κ2) is 3.17. The smallest absolute Gasteiger partial charge is 0.0250 e. The lowest BCUT2D eigenvalue weighted by atomic mass is 9.82. The van der Waals surface area contributed by atoms with Crippen LogP contribution in [0.5, 0.6) is 0 Å². The fraction of sp³-hybridized carbons (Fsp3) is 0.538. The molecular weight excluding hydrogens is 156 g/mol. The fourth-order valence-corrected chi connectivity index (χ4v) is 2.34. The van der Waals surface area contributed by atoms with Crippen LogP contribution in [-0.4, -0.2) is 0 Å². The van der Waals surface area contributed by atoms with E-state index >= 15 is 0 Å². The van der Waals surface area contributed by atoms with Crippen LogP contribution < -0.4 is 0 Å². The Balaban J connectivity index is 2.47. The summed E-state index contributed by atoms with van der Waals surface area (Å²) in [7, 11) is 0. The summed E-state index contributed by atoms with van der Waals surface area (Å²) in [6.45, 7) is 6.84. The van der Waals surface area contributed by atoms with Crippen molar-refractivity contribution in [3.63, 3.8) is 0 Å². The maximum Gasteiger partial charge on any atom is -0.0250 e. The number of hydrogen-bond donors (Lipinski definition) is 0. The molecule has 70 valence electrons. The van der Waals surface area contributed by atoms with Crippen molar-refractivity contribution in [3.05, 3.63) is 34.4 Å². The molecule has 0 fully saturated rings. The molecule has 0 amide bonds. The number of benzene rings is 1. The average Bonchev–Trinajstić information content (AvgIpc) is 2.12. The van der Waals surface area contributed by atoms with Crippen molar-refractivity contribution in [3.8, 4) is 0 Å². The van der Waals surface area contributed by atoms with E-state index < -0.39 is 0 Å². The minimum Gasteiger partial charge on any atom is -0.0622 e. The molecule has 0 bridgehead atoms. The summed E-state index contributed by atoms with van der Waals surface area (Å²) in [5.41, 5.74) is 6.22. The van der Waals surface area contributed by atoms with Crippen molar-refractivity contribution in [2.24, 2.45) is 5.92 Å². The molecule has 0 heteroatoms. The Bertz CT molecular complexity index is 323. The molecule has 1 atom stereocenters. The van der Waals surface area contributed by atoms with Crippen LogP contribution >= 0.6 is 0 Å². The van der Waals surface area contributed by atoms with Gasteiger partial charge < -0.3 is 0 Å². The van der Waals surface area contributed by atoms with Gasteiger partial charge in [-0.1, -0.05) is 19.1 Å². The summed E-state index contributed by atoms with van der Waals surface area (Å²) in [5.74, 6) is 0.884. The molecule has 0 saturated heterocycles. The minimum atomic E-state index is 0.884. The van der Waals surface area contributed by atoms with Gasteiger partial charge in [0.1, 0.15) is 0 Å². The van der Waals surface area contributed by atoms with Gasteiger partial charge in [0.2, 0.25) is 0 Å². The van der Waals surface area contributed by atoms with Gasteiger partial charge in [-0.3, -0.25) is 0 Å². The molecule has 0 radical (unpaired) electrons. The maximum absolute atomic E-state index is 2.36. The summed E-state index contributed by atoms with van der Waals surface area (Å²) in [6.07, 6.45) is 3.96. The SMILES string of the molecule is Cc1ccc2c(c1C)CCC(C)C2. The van der Waals surface area contributed by atoms with Crippen molar-refractivity contribution in [2.45, 2.75) is 40.0 Å². The van der Waals surface area contributed by atoms with E-state index in [1.165, 1.54) is 30.4 Å². The molecule has 1 aliphatic rings. The Kier molecular flexibility index (Phi) is 2.15. The molecular formula is C13H18. The summed E-state index contributed by atoms with van der Waals surface area (Å²) in [5, 5.41) is 0. The highest BCUT2D eigenvalue weighted by Gasteiger charge is 2.16. The molecule has 0 spiro atoms. The lowest BCUT2D eigenvalue weighted by Crippen LogP contribution is -2.12. The topological polar surface area (TPSA) is 0 Å². The quantitative estimate of drug-likeness (QED) is 0.565. The van der Waals surface area contributed by atoms with E-state index in [-0.39, 0.29) is 0 Å². The first-order valence-electron chi connectivity index (χ1n) is 5.26. The second-order valence-electron chi connectivity index (χ2n) is 4.49. The number of rotatable bonds is 0. The van der Waals surface area contributed by atoms with Gasteiger partial charge in [0, 0.05) is 0 Å². The van der Waals surface area contributed by atoms with Crippen LogP contribution in [-0.2, 0) is 12.8 Å². The Morgan fingerprint density at radius 2 is 2.00 bits per heavy atom. The van der Waals surface area contributed by atoms with E-state index in [0.717, 1.165) is 5.92 Å². The average molecular weight is 174 g/mol. The normalized spacial score (nSPS) is 21.3. The zero-order valence-corrected chi connectivity index (χ0v) is 8.85. The van der Waals surface area contributed by atoms with Crippen molar-refractivity contribution in [2.75, 3.05) is 0 Å². The largest absolute Gasteiger partial charge is 0.0622 e. The van der Waals surface area contributed by atoms with Gasteiger partial charge in [-0.2, -0.15) is 0 Å². The number of aryl methyl sites for hydroxylation is 1. The molecule has 0 nitrogen and oxygen atoms in total. The number of hydrogen-bond acceptors (Lipinski definition) is 0. The lowest BCUT2D eigenvalue weighted by Gasteiger charge is -2.23.